The van der Waals surface area contributed by atoms with Crippen LogP contribution >= 0.6 is 0 Å². The number of furan rings is 1. The van der Waals surface area contributed by atoms with Gasteiger partial charge in [-0.05, 0) is 70.3 Å². The van der Waals surface area contributed by atoms with Crippen LogP contribution in [0.5, 0.6) is 0 Å². The molecule has 31 heavy (non-hydrogen) atoms. The summed E-state index contributed by atoms with van der Waals surface area (Å²) in [6, 6.07) is 6.15. The molecular weight excluding hydrogens is 400 g/mol. The van der Waals surface area contributed by atoms with E-state index in [1.807, 2.05) is 13.8 Å². The van der Waals surface area contributed by atoms with Crippen molar-refractivity contribution in [3.8, 4) is 0 Å². The van der Waals surface area contributed by atoms with E-state index < -0.39 is 16.7 Å². The molecule has 0 unspecified atom stereocenters. The number of aryl methyl sites for hydroxylation is 3. The fourth-order valence-corrected chi connectivity index (χ4v) is 3.83. The van der Waals surface area contributed by atoms with Crippen LogP contribution in [0, 0.1) is 36.8 Å². The lowest BCUT2D eigenvalue weighted by Crippen LogP contribution is -2.41. The third-order valence-corrected chi connectivity index (χ3v) is 5.67. The molecule has 3 rings (SSSR count). The van der Waals surface area contributed by atoms with Crippen molar-refractivity contribution >= 4 is 23.2 Å². The molecule has 1 aliphatic rings. The highest BCUT2D eigenvalue weighted by Crippen LogP contribution is 2.22. The third kappa shape index (κ3) is 5.91. The zero-order valence-electron chi connectivity index (χ0n) is 18.1. The maximum Gasteiger partial charge on any atom is 0.313 e. The molecule has 1 aromatic carbocycles. The van der Waals surface area contributed by atoms with Crippen molar-refractivity contribution in [1.82, 2.24) is 10.2 Å². The predicted molar refractivity (Wildman–Crippen MR) is 116 cm³/mol. The monoisotopic (exact) mass is 428 g/mol. The molecule has 1 saturated heterocycles. The van der Waals surface area contributed by atoms with Crippen molar-refractivity contribution in [2.24, 2.45) is 5.92 Å². The van der Waals surface area contributed by atoms with Crippen LogP contribution in [-0.2, 0) is 16.1 Å². The number of nitrogens with one attached hydrogen (secondary N) is 2. The van der Waals surface area contributed by atoms with Crippen LogP contribution in [0.3, 0.4) is 0 Å². The van der Waals surface area contributed by atoms with Crippen molar-refractivity contribution in [2.45, 2.75) is 40.2 Å². The molecule has 9 nitrogen and oxygen atoms in total. The highest BCUT2D eigenvalue weighted by atomic mass is 16.6. The van der Waals surface area contributed by atoms with E-state index in [0.717, 1.165) is 44.0 Å². The van der Waals surface area contributed by atoms with Crippen LogP contribution in [-0.4, -0.2) is 41.3 Å². The Morgan fingerprint density at radius 2 is 1.87 bits per heavy atom. The molecule has 2 heterocycles. The van der Waals surface area contributed by atoms with Gasteiger partial charge in [-0.1, -0.05) is 0 Å². The minimum Gasteiger partial charge on any atom is -0.466 e. The average Bonchev–Trinajstić information content (AvgIpc) is 3.05. The summed E-state index contributed by atoms with van der Waals surface area (Å²) in [5.41, 5.74) is 2.04. The number of non-ortho nitro benzene ring substituents is 1. The maximum atomic E-state index is 12.2. The quantitative estimate of drug-likeness (QED) is 0.415. The van der Waals surface area contributed by atoms with E-state index in [1.165, 1.54) is 23.8 Å². The van der Waals surface area contributed by atoms with Gasteiger partial charge < -0.3 is 15.1 Å². The Kier molecular flexibility index (Phi) is 7.06. The Morgan fingerprint density at radius 1 is 1.16 bits per heavy atom. The molecule has 0 saturated carbocycles. The zero-order chi connectivity index (χ0) is 22.5. The Labute approximate surface area is 180 Å². The number of likely N-dealkylation sites (tertiary alicyclic amines) is 1. The van der Waals surface area contributed by atoms with Crippen molar-refractivity contribution in [1.29, 1.82) is 0 Å². The molecule has 2 amide bonds. The van der Waals surface area contributed by atoms with Crippen molar-refractivity contribution in [3.05, 3.63) is 57.0 Å². The van der Waals surface area contributed by atoms with Gasteiger partial charge in [0, 0.05) is 36.5 Å². The van der Waals surface area contributed by atoms with Gasteiger partial charge in [0.25, 0.3) is 5.69 Å². The Hall–Kier alpha value is -3.20. The molecule has 1 aromatic heterocycles. The van der Waals surface area contributed by atoms with Crippen LogP contribution < -0.4 is 10.6 Å². The van der Waals surface area contributed by atoms with Gasteiger partial charge in [-0.2, -0.15) is 0 Å². The van der Waals surface area contributed by atoms with Crippen LogP contribution in [0.2, 0.25) is 0 Å². The fourth-order valence-electron chi connectivity index (χ4n) is 3.83. The van der Waals surface area contributed by atoms with Gasteiger partial charge in [0.2, 0.25) is 0 Å². The summed E-state index contributed by atoms with van der Waals surface area (Å²) in [6.45, 7) is 8.73. The van der Waals surface area contributed by atoms with E-state index in [1.54, 1.807) is 6.92 Å². The minimum atomic E-state index is -0.778. The molecule has 0 atom stereocenters. The first-order valence-corrected chi connectivity index (χ1v) is 10.4. The van der Waals surface area contributed by atoms with Gasteiger partial charge in [-0.3, -0.25) is 24.6 Å². The number of amides is 2. The number of piperidine rings is 1. The number of benzene rings is 1. The van der Waals surface area contributed by atoms with Gasteiger partial charge in [-0.15, -0.1) is 0 Å². The Bertz CT molecular complexity index is 976. The van der Waals surface area contributed by atoms with Crippen LogP contribution in [0.4, 0.5) is 11.4 Å². The molecule has 2 N–H and O–H groups in total. The number of nitro groups is 1. The van der Waals surface area contributed by atoms with Crippen molar-refractivity contribution in [2.75, 3.05) is 25.0 Å². The predicted octanol–water partition coefficient (Wildman–Crippen LogP) is 3.08. The average molecular weight is 428 g/mol. The van der Waals surface area contributed by atoms with Crippen molar-refractivity contribution in [3.63, 3.8) is 0 Å². The molecule has 2 aromatic rings. The second kappa shape index (κ2) is 9.74. The zero-order valence-corrected chi connectivity index (χ0v) is 18.1. The lowest BCUT2D eigenvalue weighted by atomic mass is 9.96. The first-order chi connectivity index (χ1) is 14.7. The molecule has 0 aliphatic carbocycles. The number of nitro benzene ring substituents is 1. The SMILES string of the molecule is Cc1cc(CN2CCC(CNC(=O)C(=O)Nc3ccc([N+](=O)[O-])cc3C)CC2)c(C)o1. The molecule has 166 valence electrons. The van der Waals surface area contributed by atoms with Gasteiger partial charge in [0.05, 0.1) is 4.92 Å². The summed E-state index contributed by atoms with van der Waals surface area (Å²) in [5, 5.41) is 16.0. The third-order valence-electron chi connectivity index (χ3n) is 5.67. The minimum absolute atomic E-state index is 0.0654. The van der Waals surface area contributed by atoms with Gasteiger partial charge >= 0.3 is 11.8 Å². The summed E-state index contributed by atoms with van der Waals surface area (Å²) in [6.07, 6.45) is 1.89. The number of hydrogen-bond acceptors (Lipinski definition) is 6. The molecule has 0 spiro atoms. The molecule has 0 bridgehead atoms. The smallest absolute Gasteiger partial charge is 0.313 e. The van der Waals surface area contributed by atoms with E-state index in [2.05, 4.69) is 21.6 Å². The summed E-state index contributed by atoms with van der Waals surface area (Å²) >= 11 is 0. The van der Waals surface area contributed by atoms with Crippen LogP contribution in [0.15, 0.2) is 28.7 Å². The van der Waals surface area contributed by atoms with E-state index in [4.69, 9.17) is 4.42 Å². The molecular formula is C22H28N4O5. The van der Waals surface area contributed by atoms with E-state index in [0.29, 0.717) is 23.7 Å². The molecule has 9 heteroatoms. The topological polar surface area (TPSA) is 118 Å². The van der Waals surface area contributed by atoms with Gasteiger partial charge in [0.15, 0.2) is 0 Å². The van der Waals surface area contributed by atoms with Crippen molar-refractivity contribution < 1.29 is 18.9 Å². The van der Waals surface area contributed by atoms with Gasteiger partial charge in [-0.25, -0.2) is 0 Å². The largest absolute Gasteiger partial charge is 0.466 e. The second-order valence-corrected chi connectivity index (χ2v) is 8.08. The van der Waals surface area contributed by atoms with Crippen LogP contribution in [0.25, 0.3) is 0 Å². The highest BCUT2D eigenvalue weighted by Gasteiger charge is 2.22. The fraction of sp³-hybridized carbons (Fsp3) is 0.455. The maximum absolute atomic E-state index is 12.2. The summed E-state index contributed by atoms with van der Waals surface area (Å²) in [4.78, 5) is 37.0. The van der Waals surface area contributed by atoms with Gasteiger partial charge in [0.1, 0.15) is 11.5 Å². The van der Waals surface area contributed by atoms with E-state index in [9.17, 15) is 19.7 Å². The number of nitrogens with zero attached hydrogens (tertiary/aromatic N) is 2. The normalized spacial score (nSPS) is 14.9. The molecule has 1 aliphatic heterocycles. The van der Waals surface area contributed by atoms with Crippen LogP contribution in [0.1, 0.15) is 35.5 Å². The number of anilines is 1. The number of carbonyl (C=O) groups excluding carboxylic acids is 2. The number of rotatable bonds is 6. The standard InChI is InChI=1S/C22H28N4O5/c1-14-10-19(26(29)30)4-5-20(14)24-22(28)21(27)23-12-17-6-8-25(9-7-17)13-18-11-15(2)31-16(18)3/h4-5,10-11,17H,6-9,12-13H2,1-3H3,(H,23,27)(H,24,28). The number of hydrogen-bond donors (Lipinski definition) is 2. The van der Waals surface area contributed by atoms with E-state index in [-0.39, 0.29) is 5.69 Å². The second-order valence-electron chi connectivity index (χ2n) is 8.08. The summed E-state index contributed by atoms with van der Waals surface area (Å²) in [7, 11) is 0. The number of carbonyl (C=O) groups is 2. The summed E-state index contributed by atoms with van der Waals surface area (Å²) < 4.78 is 5.59. The molecule has 1 fully saturated rings. The summed E-state index contributed by atoms with van der Waals surface area (Å²) in [5.74, 6) is 0.722. The Morgan fingerprint density at radius 3 is 2.45 bits per heavy atom. The lowest BCUT2D eigenvalue weighted by Gasteiger charge is -2.31. The first-order valence-electron chi connectivity index (χ1n) is 10.4. The van der Waals surface area contributed by atoms with E-state index >= 15 is 0 Å². The lowest BCUT2D eigenvalue weighted by molar-refractivity contribution is -0.384. The Balaban J connectivity index is 1.42. The molecule has 0 radical (unpaired) electrons. The first kappa shape index (κ1) is 22.5. The highest BCUT2D eigenvalue weighted by molar-refractivity contribution is 6.39.